The van der Waals surface area contributed by atoms with E-state index >= 15 is 0 Å². The normalized spacial score (nSPS) is 20.5. The Morgan fingerprint density at radius 3 is 2.36 bits per heavy atom. The molecule has 1 heterocycles. The molecule has 0 bridgehead atoms. The molecule has 0 saturated heterocycles. The first-order valence-electron chi connectivity index (χ1n) is 12.3. The summed E-state index contributed by atoms with van der Waals surface area (Å²) in [7, 11) is -6.77. The van der Waals surface area contributed by atoms with Crippen LogP contribution in [0, 0.1) is 17.6 Å². The SMILES string of the molecule is C[C@H]1CN([C@@H](C)CO)S(=O)(=O)c2ccc(-c3cccc(F)c3)cc2O[C@H]1CN(C)S(=O)(=O)c1ccc(F)cc1. The van der Waals surface area contributed by atoms with Crippen LogP contribution < -0.4 is 4.74 Å². The number of likely N-dealkylation sites (N-methyl/N-ethyl adjacent to an activating group) is 1. The molecule has 1 N–H and O–H groups in total. The van der Waals surface area contributed by atoms with E-state index in [0.29, 0.717) is 11.1 Å². The quantitative estimate of drug-likeness (QED) is 0.457. The monoisotopic (exact) mass is 580 g/mol. The Morgan fingerprint density at radius 1 is 1.05 bits per heavy atom. The summed E-state index contributed by atoms with van der Waals surface area (Å²) < 4.78 is 89.5. The van der Waals surface area contributed by atoms with Crippen molar-refractivity contribution in [3.63, 3.8) is 0 Å². The molecule has 4 rings (SSSR count). The van der Waals surface area contributed by atoms with Crippen LogP contribution in [-0.2, 0) is 20.0 Å². The van der Waals surface area contributed by atoms with Crippen LogP contribution >= 0.6 is 0 Å². The van der Waals surface area contributed by atoms with Gasteiger partial charge in [-0.1, -0.05) is 25.1 Å². The highest BCUT2D eigenvalue weighted by Gasteiger charge is 2.39. The summed E-state index contributed by atoms with van der Waals surface area (Å²) in [5.74, 6) is -1.56. The van der Waals surface area contributed by atoms with Crippen LogP contribution in [0.25, 0.3) is 11.1 Å². The van der Waals surface area contributed by atoms with Crippen molar-refractivity contribution in [2.24, 2.45) is 5.92 Å². The lowest BCUT2D eigenvalue weighted by atomic mass is 10.0. The first-order chi connectivity index (χ1) is 18.3. The lowest BCUT2D eigenvalue weighted by molar-refractivity contribution is 0.0905. The van der Waals surface area contributed by atoms with Gasteiger partial charge in [0, 0.05) is 25.6 Å². The second-order valence-corrected chi connectivity index (χ2v) is 13.6. The fraction of sp³-hybridized carbons (Fsp3) is 0.333. The Morgan fingerprint density at radius 2 is 1.72 bits per heavy atom. The summed E-state index contributed by atoms with van der Waals surface area (Å²) in [4.78, 5) is -0.249. The first-order valence-corrected chi connectivity index (χ1v) is 15.1. The standard InChI is InChI=1S/C27H30F2N2O6S2/c1-18-15-31(19(2)17-32)39(35,36)27-12-7-21(20-5-4-6-23(29)13-20)14-25(27)37-26(18)16-30(3)38(33,34)24-10-8-22(28)9-11-24/h4-14,18-19,26,32H,15-17H2,1-3H3/t18-,19-,26-/m0/s1. The van der Waals surface area contributed by atoms with E-state index in [1.54, 1.807) is 26.0 Å². The summed E-state index contributed by atoms with van der Waals surface area (Å²) >= 11 is 0. The average Bonchev–Trinajstić information content (AvgIpc) is 2.90. The molecule has 0 aromatic heterocycles. The topological polar surface area (TPSA) is 104 Å². The van der Waals surface area contributed by atoms with E-state index in [1.165, 1.54) is 53.8 Å². The predicted octanol–water partition coefficient (Wildman–Crippen LogP) is 3.72. The van der Waals surface area contributed by atoms with Crippen LogP contribution in [0.5, 0.6) is 5.75 Å². The molecule has 8 nitrogen and oxygen atoms in total. The minimum Gasteiger partial charge on any atom is -0.487 e. The molecule has 1 aliphatic heterocycles. The molecule has 3 aromatic rings. The molecule has 1 aliphatic rings. The van der Waals surface area contributed by atoms with Gasteiger partial charge in [0.05, 0.1) is 18.0 Å². The third-order valence-electron chi connectivity index (χ3n) is 6.78. The Hall–Kier alpha value is -2.90. The summed E-state index contributed by atoms with van der Waals surface area (Å²) in [5, 5.41) is 9.81. The second-order valence-electron chi connectivity index (χ2n) is 9.65. The van der Waals surface area contributed by atoms with Crippen molar-refractivity contribution < 1.29 is 35.5 Å². The molecule has 12 heteroatoms. The summed E-state index contributed by atoms with van der Waals surface area (Å²) in [5.41, 5.74) is 1.01. The minimum absolute atomic E-state index is 0.0176. The third kappa shape index (κ3) is 5.99. The van der Waals surface area contributed by atoms with Gasteiger partial charge >= 0.3 is 0 Å². The van der Waals surface area contributed by atoms with Crippen LogP contribution in [0.15, 0.2) is 76.5 Å². The molecular formula is C27H30F2N2O6S2. The molecule has 0 spiro atoms. The molecule has 0 unspecified atom stereocenters. The largest absolute Gasteiger partial charge is 0.487 e. The van der Waals surface area contributed by atoms with Gasteiger partial charge in [-0.15, -0.1) is 0 Å². The number of fused-ring (bicyclic) bond motifs is 1. The van der Waals surface area contributed by atoms with Crippen molar-refractivity contribution in [3.8, 4) is 16.9 Å². The van der Waals surface area contributed by atoms with Crippen LogP contribution in [0.2, 0.25) is 0 Å². The lowest BCUT2D eigenvalue weighted by Gasteiger charge is -2.37. The lowest BCUT2D eigenvalue weighted by Crippen LogP contribution is -2.50. The number of halogens is 2. The van der Waals surface area contributed by atoms with E-state index in [4.69, 9.17) is 4.74 Å². The number of nitrogens with zero attached hydrogens (tertiary/aromatic N) is 2. The highest BCUT2D eigenvalue weighted by atomic mass is 32.2. The molecule has 39 heavy (non-hydrogen) atoms. The number of hydrogen-bond donors (Lipinski definition) is 1. The van der Waals surface area contributed by atoms with Crippen molar-refractivity contribution >= 4 is 20.0 Å². The average molecular weight is 581 g/mol. The van der Waals surface area contributed by atoms with Gasteiger partial charge in [-0.05, 0) is 66.6 Å². The van der Waals surface area contributed by atoms with E-state index < -0.39 is 56.4 Å². The van der Waals surface area contributed by atoms with Gasteiger partial charge in [0.2, 0.25) is 20.0 Å². The Balaban J connectivity index is 1.77. The molecule has 0 saturated carbocycles. The second kappa shape index (κ2) is 11.3. The molecule has 3 atom stereocenters. The number of benzene rings is 3. The van der Waals surface area contributed by atoms with E-state index in [2.05, 4.69) is 0 Å². The Bertz CT molecular complexity index is 1550. The van der Waals surface area contributed by atoms with Gasteiger partial charge in [-0.25, -0.2) is 25.6 Å². The van der Waals surface area contributed by atoms with Gasteiger partial charge in [0.25, 0.3) is 0 Å². The highest BCUT2D eigenvalue weighted by Crippen LogP contribution is 2.37. The van der Waals surface area contributed by atoms with Crippen LogP contribution in [-0.4, -0.2) is 69.4 Å². The fourth-order valence-corrected chi connectivity index (χ4v) is 7.44. The fourth-order valence-electron chi connectivity index (χ4n) is 4.43. The smallest absolute Gasteiger partial charge is 0.247 e. The van der Waals surface area contributed by atoms with E-state index in [1.807, 2.05) is 0 Å². The summed E-state index contributed by atoms with van der Waals surface area (Å²) in [6.45, 7) is 2.70. The van der Waals surface area contributed by atoms with Crippen molar-refractivity contribution in [3.05, 3.63) is 78.4 Å². The number of aliphatic hydroxyl groups excluding tert-OH is 1. The van der Waals surface area contributed by atoms with Gasteiger partial charge < -0.3 is 9.84 Å². The first kappa shape index (κ1) is 29.1. The number of sulfonamides is 2. The third-order valence-corrected chi connectivity index (χ3v) is 10.6. The molecule has 0 amide bonds. The van der Waals surface area contributed by atoms with Gasteiger partial charge in [-0.3, -0.25) is 0 Å². The van der Waals surface area contributed by atoms with Crippen LogP contribution in [0.3, 0.4) is 0 Å². The molecule has 0 fully saturated rings. The molecular weight excluding hydrogens is 550 g/mol. The summed E-state index contributed by atoms with van der Waals surface area (Å²) in [6.07, 6.45) is -0.810. The van der Waals surface area contributed by atoms with Crippen molar-refractivity contribution in [1.29, 1.82) is 0 Å². The zero-order valence-electron chi connectivity index (χ0n) is 21.7. The molecule has 0 aliphatic carbocycles. The molecule has 0 radical (unpaired) electrons. The van der Waals surface area contributed by atoms with Gasteiger partial charge in [-0.2, -0.15) is 8.61 Å². The minimum atomic E-state index is -4.11. The predicted molar refractivity (Wildman–Crippen MR) is 142 cm³/mol. The van der Waals surface area contributed by atoms with Crippen molar-refractivity contribution in [1.82, 2.24) is 8.61 Å². The highest BCUT2D eigenvalue weighted by molar-refractivity contribution is 7.89. The summed E-state index contributed by atoms with van der Waals surface area (Å²) in [6, 6.07) is 13.9. The Kier molecular flexibility index (Phi) is 8.43. The molecule has 3 aromatic carbocycles. The zero-order valence-corrected chi connectivity index (χ0v) is 23.3. The molecule has 210 valence electrons. The number of hydrogen-bond acceptors (Lipinski definition) is 6. The van der Waals surface area contributed by atoms with Crippen LogP contribution in [0.4, 0.5) is 8.78 Å². The van der Waals surface area contributed by atoms with Gasteiger partial charge in [0.1, 0.15) is 28.4 Å². The maximum absolute atomic E-state index is 13.9. The maximum Gasteiger partial charge on any atom is 0.247 e. The number of aliphatic hydroxyl groups is 1. The van der Waals surface area contributed by atoms with Gasteiger partial charge in [0.15, 0.2) is 0 Å². The Labute approximate surface area is 227 Å². The van der Waals surface area contributed by atoms with Crippen molar-refractivity contribution in [2.75, 3.05) is 26.7 Å². The van der Waals surface area contributed by atoms with Crippen LogP contribution in [0.1, 0.15) is 13.8 Å². The zero-order chi connectivity index (χ0) is 28.5. The maximum atomic E-state index is 13.9. The van der Waals surface area contributed by atoms with E-state index in [9.17, 15) is 30.7 Å². The van der Waals surface area contributed by atoms with E-state index in [0.717, 1.165) is 16.4 Å². The number of ether oxygens (including phenoxy) is 1. The van der Waals surface area contributed by atoms with Crippen molar-refractivity contribution in [2.45, 2.75) is 35.8 Å². The van der Waals surface area contributed by atoms with E-state index in [-0.39, 0.29) is 28.6 Å². The number of rotatable bonds is 7.